The number of hydrogen-bond acceptors (Lipinski definition) is 7. The minimum absolute atomic E-state index is 0.203. The predicted molar refractivity (Wildman–Crippen MR) is 106 cm³/mol. The lowest BCUT2D eigenvalue weighted by molar-refractivity contribution is -0.133. The number of carbonyl (C=O) groups is 1. The number of esters is 1. The van der Waals surface area contributed by atoms with Crippen LogP contribution in [0.2, 0.25) is 0 Å². The van der Waals surface area contributed by atoms with Gasteiger partial charge in [0.1, 0.15) is 17.6 Å². The molecule has 2 aromatic carbocycles. The summed E-state index contributed by atoms with van der Waals surface area (Å²) in [5.74, 6) is 0.0884. The molecule has 0 N–H and O–H groups in total. The molecule has 0 saturated carbocycles. The van der Waals surface area contributed by atoms with Crippen molar-refractivity contribution in [3.8, 4) is 29.0 Å². The fraction of sp³-hybridized carbons (Fsp3) is 0.0909. The van der Waals surface area contributed by atoms with E-state index in [9.17, 15) is 10.1 Å². The molecule has 0 amide bonds. The largest absolute Gasteiger partial charge is 0.503 e. The summed E-state index contributed by atoms with van der Waals surface area (Å²) in [5.41, 5.74) is 2.40. The molecular weight excluding hydrogens is 370 g/mol. The maximum atomic E-state index is 12.1. The summed E-state index contributed by atoms with van der Waals surface area (Å²) in [6.45, 7) is 0. The summed E-state index contributed by atoms with van der Waals surface area (Å²) in [6, 6.07) is 17.9. The van der Waals surface area contributed by atoms with Crippen molar-refractivity contribution in [3.05, 3.63) is 78.3 Å². The predicted octanol–water partition coefficient (Wildman–Crippen LogP) is 3.97. The molecule has 1 aromatic heterocycles. The molecule has 0 radical (unpaired) electrons. The number of rotatable bonds is 6. The molecule has 144 valence electrons. The summed E-state index contributed by atoms with van der Waals surface area (Å²) in [6.07, 6.45) is 2.65. The van der Waals surface area contributed by atoms with Crippen LogP contribution in [-0.4, -0.2) is 30.2 Å². The normalized spacial score (nSPS) is 10.7. The van der Waals surface area contributed by atoms with E-state index in [0.717, 1.165) is 0 Å². The second-order valence-electron chi connectivity index (χ2n) is 5.76. The summed E-state index contributed by atoms with van der Waals surface area (Å²) in [5, 5.41) is 9.32. The Morgan fingerprint density at radius 3 is 2.59 bits per heavy atom. The summed E-state index contributed by atoms with van der Waals surface area (Å²) in [4.78, 5) is 20.5. The molecule has 7 heteroatoms. The van der Waals surface area contributed by atoms with Gasteiger partial charge in [-0.1, -0.05) is 36.4 Å². The number of ether oxygens (including phenoxy) is 3. The monoisotopic (exact) mass is 387 g/mol. The Balaban J connectivity index is 1.99. The number of carbonyl (C=O) groups excluding carboxylic acids is 1. The van der Waals surface area contributed by atoms with Crippen LogP contribution < -0.4 is 4.74 Å². The number of benzene rings is 2. The molecule has 1 heterocycles. The molecular formula is C22H17N3O4. The molecule has 0 atom stereocenters. The molecule has 0 bridgehead atoms. The van der Waals surface area contributed by atoms with Crippen molar-refractivity contribution in [2.45, 2.75) is 0 Å². The molecule has 0 aliphatic heterocycles. The Morgan fingerprint density at radius 2 is 1.83 bits per heavy atom. The molecule has 0 fully saturated rings. The van der Waals surface area contributed by atoms with Gasteiger partial charge in [-0.15, -0.1) is 0 Å². The smallest absolute Gasteiger partial charge is 0.341 e. The van der Waals surface area contributed by atoms with Crippen molar-refractivity contribution in [2.24, 2.45) is 0 Å². The quantitative estimate of drug-likeness (QED) is 0.359. The van der Waals surface area contributed by atoms with E-state index in [1.54, 1.807) is 48.5 Å². The van der Waals surface area contributed by atoms with Crippen LogP contribution in [0.15, 0.2) is 67.2 Å². The lowest BCUT2D eigenvalue weighted by Crippen LogP contribution is -2.06. The third-order valence-electron chi connectivity index (χ3n) is 4.00. The van der Waals surface area contributed by atoms with Crippen LogP contribution in [0.3, 0.4) is 0 Å². The zero-order valence-corrected chi connectivity index (χ0v) is 15.8. The van der Waals surface area contributed by atoms with E-state index in [1.165, 1.54) is 26.8 Å². The topological polar surface area (TPSA) is 94.3 Å². The first-order chi connectivity index (χ1) is 14.2. The van der Waals surface area contributed by atoms with Gasteiger partial charge in [0.2, 0.25) is 5.88 Å². The maximum Gasteiger partial charge on any atom is 0.341 e. The minimum Gasteiger partial charge on any atom is -0.503 e. The Morgan fingerprint density at radius 1 is 1.07 bits per heavy atom. The number of methoxy groups -OCH3 is 2. The molecule has 3 rings (SSSR count). The van der Waals surface area contributed by atoms with Crippen molar-refractivity contribution in [3.63, 3.8) is 0 Å². The van der Waals surface area contributed by atoms with Gasteiger partial charge in [-0.2, -0.15) is 5.26 Å². The van der Waals surface area contributed by atoms with Crippen molar-refractivity contribution in [1.29, 1.82) is 5.26 Å². The van der Waals surface area contributed by atoms with Crippen molar-refractivity contribution >= 4 is 11.5 Å². The first-order valence-corrected chi connectivity index (χ1v) is 8.58. The van der Waals surface area contributed by atoms with Gasteiger partial charge in [0, 0.05) is 17.2 Å². The number of nitrogens with zero attached hydrogens (tertiary/aromatic N) is 3. The lowest BCUT2D eigenvalue weighted by atomic mass is 10.1. The third-order valence-corrected chi connectivity index (χ3v) is 4.00. The molecule has 3 aromatic rings. The van der Waals surface area contributed by atoms with Crippen molar-refractivity contribution < 1.29 is 19.0 Å². The molecule has 0 aliphatic rings. The van der Waals surface area contributed by atoms with Crippen LogP contribution in [0.5, 0.6) is 11.6 Å². The highest BCUT2D eigenvalue weighted by atomic mass is 16.5. The van der Waals surface area contributed by atoms with Crippen LogP contribution in [-0.2, 0) is 14.3 Å². The highest BCUT2D eigenvalue weighted by Crippen LogP contribution is 2.31. The van der Waals surface area contributed by atoms with E-state index in [2.05, 4.69) is 16.0 Å². The van der Waals surface area contributed by atoms with Crippen LogP contribution in [0.1, 0.15) is 11.1 Å². The van der Waals surface area contributed by atoms with E-state index in [1.807, 2.05) is 6.07 Å². The third kappa shape index (κ3) is 4.39. The summed E-state index contributed by atoms with van der Waals surface area (Å²) in [7, 11) is 2.73. The summed E-state index contributed by atoms with van der Waals surface area (Å²) < 4.78 is 15.8. The van der Waals surface area contributed by atoms with Crippen molar-refractivity contribution in [2.75, 3.05) is 14.2 Å². The van der Waals surface area contributed by atoms with Crippen LogP contribution in [0.4, 0.5) is 0 Å². The molecule has 0 saturated heterocycles. The second-order valence-corrected chi connectivity index (χ2v) is 5.76. The van der Waals surface area contributed by atoms with Gasteiger partial charge in [0.25, 0.3) is 0 Å². The van der Waals surface area contributed by atoms with E-state index in [0.29, 0.717) is 28.1 Å². The standard InChI is InChI=1S/C22H17N3O4/c1-27-13-18(22(26)28-2)17-9-5-6-10-20(17)29-21-11-19(24-14-25-21)16-8-4-3-7-15(16)12-23/h3-11,13-14H,1-2H3. The van der Waals surface area contributed by atoms with E-state index < -0.39 is 5.97 Å². The Hall–Kier alpha value is -4.18. The molecule has 0 unspecified atom stereocenters. The second kappa shape index (κ2) is 9.15. The average Bonchev–Trinajstić information content (AvgIpc) is 2.77. The van der Waals surface area contributed by atoms with E-state index in [4.69, 9.17) is 14.2 Å². The van der Waals surface area contributed by atoms with Crippen LogP contribution in [0.25, 0.3) is 16.8 Å². The van der Waals surface area contributed by atoms with E-state index >= 15 is 0 Å². The Labute approximate surface area is 167 Å². The maximum absolute atomic E-state index is 12.1. The van der Waals surface area contributed by atoms with Crippen molar-refractivity contribution in [1.82, 2.24) is 9.97 Å². The van der Waals surface area contributed by atoms with Gasteiger partial charge < -0.3 is 14.2 Å². The molecule has 0 aliphatic carbocycles. The first kappa shape index (κ1) is 19.6. The van der Waals surface area contributed by atoms with Gasteiger partial charge in [-0.3, -0.25) is 0 Å². The van der Waals surface area contributed by atoms with Gasteiger partial charge >= 0.3 is 5.97 Å². The number of hydrogen-bond donors (Lipinski definition) is 0. The Bertz CT molecular complexity index is 1100. The van der Waals surface area contributed by atoms with Crippen LogP contribution in [0, 0.1) is 11.3 Å². The minimum atomic E-state index is -0.561. The zero-order valence-electron chi connectivity index (χ0n) is 15.8. The molecule has 7 nitrogen and oxygen atoms in total. The number of nitriles is 1. The SMILES string of the molecule is COC=C(C(=O)OC)c1ccccc1Oc1cc(-c2ccccc2C#N)ncn1. The van der Waals surface area contributed by atoms with E-state index in [-0.39, 0.29) is 11.5 Å². The fourth-order valence-corrected chi connectivity index (χ4v) is 2.69. The highest BCUT2D eigenvalue weighted by molar-refractivity contribution is 6.17. The first-order valence-electron chi connectivity index (χ1n) is 8.58. The number of aromatic nitrogens is 2. The van der Waals surface area contributed by atoms with Gasteiger partial charge in [0.15, 0.2) is 0 Å². The molecule has 0 spiro atoms. The van der Waals surface area contributed by atoms with Gasteiger partial charge in [-0.25, -0.2) is 14.8 Å². The Kier molecular flexibility index (Phi) is 6.18. The van der Waals surface area contributed by atoms with Gasteiger partial charge in [-0.05, 0) is 12.1 Å². The lowest BCUT2D eigenvalue weighted by Gasteiger charge is -2.12. The fourth-order valence-electron chi connectivity index (χ4n) is 2.69. The average molecular weight is 387 g/mol. The molecule has 29 heavy (non-hydrogen) atoms. The summed E-state index contributed by atoms with van der Waals surface area (Å²) >= 11 is 0. The number of para-hydroxylation sites is 1. The highest BCUT2D eigenvalue weighted by Gasteiger charge is 2.18. The van der Waals surface area contributed by atoms with Crippen LogP contribution >= 0.6 is 0 Å². The van der Waals surface area contributed by atoms with Gasteiger partial charge in [0.05, 0.1) is 37.8 Å². The zero-order chi connectivity index (χ0) is 20.6.